The standard InChI is InChI=1S/C22H22ClN3O2S/c1-15-7-4-5-12-25(15)20(27)14-29-22-24-19-11-3-2-10-18(19)21(28)26(22)17-9-6-8-16(23)13-17/h2-3,6,8-11,13,15H,4-5,7,12,14H2,1H3/t15-/m0/s1. The molecule has 0 spiro atoms. The second-order valence-corrected chi connectivity index (χ2v) is 8.63. The number of nitrogens with zero attached hydrogens (tertiary/aromatic N) is 3. The molecule has 1 amide bonds. The third-order valence-corrected chi connectivity index (χ3v) is 6.42. The number of thioether (sulfide) groups is 1. The highest BCUT2D eigenvalue weighted by Gasteiger charge is 2.24. The summed E-state index contributed by atoms with van der Waals surface area (Å²) in [5.41, 5.74) is 1.10. The number of hydrogen-bond donors (Lipinski definition) is 0. The number of aromatic nitrogens is 2. The van der Waals surface area contributed by atoms with Crippen LogP contribution in [0, 0.1) is 0 Å². The predicted octanol–water partition coefficient (Wildman–Crippen LogP) is 4.53. The van der Waals surface area contributed by atoms with Crippen LogP contribution in [0.15, 0.2) is 58.5 Å². The highest BCUT2D eigenvalue weighted by atomic mass is 35.5. The molecule has 0 radical (unpaired) electrons. The molecule has 2 aromatic carbocycles. The molecule has 0 aliphatic carbocycles. The first-order chi connectivity index (χ1) is 14.0. The van der Waals surface area contributed by atoms with Gasteiger partial charge in [0.2, 0.25) is 5.91 Å². The van der Waals surface area contributed by atoms with Gasteiger partial charge in [0.05, 0.1) is 22.3 Å². The molecule has 1 aliphatic rings. The summed E-state index contributed by atoms with van der Waals surface area (Å²) >= 11 is 7.46. The van der Waals surface area contributed by atoms with Crippen molar-refractivity contribution >= 4 is 40.2 Å². The van der Waals surface area contributed by atoms with Crippen molar-refractivity contribution in [3.8, 4) is 5.69 Å². The molecule has 1 aromatic heterocycles. The van der Waals surface area contributed by atoms with E-state index < -0.39 is 0 Å². The molecule has 0 N–H and O–H groups in total. The van der Waals surface area contributed by atoms with Crippen LogP contribution in [0.2, 0.25) is 5.02 Å². The molecule has 150 valence electrons. The Hall–Kier alpha value is -2.31. The first kappa shape index (κ1) is 20.0. The number of carbonyl (C=O) groups excluding carboxylic acids is 1. The first-order valence-electron chi connectivity index (χ1n) is 9.74. The minimum atomic E-state index is -0.167. The van der Waals surface area contributed by atoms with Crippen molar-refractivity contribution in [2.45, 2.75) is 37.4 Å². The molecule has 5 nitrogen and oxygen atoms in total. The fourth-order valence-electron chi connectivity index (χ4n) is 3.73. The van der Waals surface area contributed by atoms with Crippen LogP contribution >= 0.6 is 23.4 Å². The van der Waals surface area contributed by atoms with Gasteiger partial charge >= 0.3 is 0 Å². The van der Waals surface area contributed by atoms with Crippen LogP contribution in [0.5, 0.6) is 0 Å². The summed E-state index contributed by atoms with van der Waals surface area (Å²) in [6.45, 7) is 2.89. The lowest BCUT2D eigenvalue weighted by atomic mass is 10.0. The highest BCUT2D eigenvalue weighted by molar-refractivity contribution is 7.99. The molecule has 1 saturated heterocycles. The number of halogens is 1. The predicted molar refractivity (Wildman–Crippen MR) is 118 cm³/mol. The van der Waals surface area contributed by atoms with E-state index in [-0.39, 0.29) is 23.3 Å². The van der Waals surface area contributed by atoms with Crippen molar-refractivity contribution < 1.29 is 4.79 Å². The Morgan fingerprint density at radius 3 is 2.83 bits per heavy atom. The van der Waals surface area contributed by atoms with Gasteiger partial charge in [0, 0.05) is 17.6 Å². The maximum atomic E-state index is 13.2. The third-order valence-electron chi connectivity index (χ3n) is 5.26. The molecule has 4 rings (SSSR count). The van der Waals surface area contributed by atoms with Crippen LogP contribution in [-0.4, -0.2) is 38.7 Å². The average Bonchev–Trinajstić information content (AvgIpc) is 2.72. The Morgan fingerprint density at radius 2 is 2.03 bits per heavy atom. The van der Waals surface area contributed by atoms with E-state index in [4.69, 9.17) is 16.6 Å². The number of piperidine rings is 1. The van der Waals surface area contributed by atoms with Gasteiger partial charge in [-0.1, -0.05) is 41.6 Å². The van der Waals surface area contributed by atoms with Gasteiger partial charge < -0.3 is 4.90 Å². The van der Waals surface area contributed by atoms with Crippen molar-refractivity contribution in [1.29, 1.82) is 0 Å². The van der Waals surface area contributed by atoms with Gasteiger partial charge in [0.1, 0.15) is 0 Å². The summed E-state index contributed by atoms with van der Waals surface area (Å²) in [5.74, 6) is 0.331. The molecule has 29 heavy (non-hydrogen) atoms. The monoisotopic (exact) mass is 427 g/mol. The van der Waals surface area contributed by atoms with E-state index >= 15 is 0 Å². The maximum Gasteiger partial charge on any atom is 0.266 e. The summed E-state index contributed by atoms with van der Waals surface area (Å²) in [6, 6.07) is 14.6. The average molecular weight is 428 g/mol. The van der Waals surface area contributed by atoms with E-state index in [1.807, 2.05) is 29.2 Å². The molecule has 1 atom stereocenters. The lowest BCUT2D eigenvalue weighted by Gasteiger charge is -2.33. The van der Waals surface area contributed by atoms with Crippen molar-refractivity contribution in [3.05, 3.63) is 63.9 Å². The van der Waals surface area contributed by atoms with Crippen molar-refractivity contribution in [1.82, 2.24) is 14.5 Å². The number of hydrogen-bond acceptors (Lipinski definition) is 4. The normalized spacial score (nSPS) is 16.9. The van der Waals surface area contributed by atoms with Gasteiger partial charge in [0.15, 0.2) is 5.16 Å². The van der Waals surface area contributed by atoms with E-state index in [0.29, 0.717) is 26.8 Å². The largest absolute Gasteiger partial charge is 0.339 e. The van der Waals surface area contributed by atoms with Gasteiger partial charge in [-0.2, -0.15) is 0 Å². The van der Waals surface area contributed by atoms with Crippen molar-refractivity contribution in [2.75, 3.05) is 12.3 Å². The fourth-order valence-corrected chi connectivity index (χ4v) is 4.81. The zero-order valence-electron chi connectivity index (χ0n) is 16.2. The topological polar surface area (TPSA) is 55.2 Å². The Morgan fingerprint density at radius 1 is 1.21 bits per heavy atom. The van der Waals surface area contributed by atoms with E-state index in [1.165, 1.54) is 18.2 Å². The molecule has 1 fully saturated rings. The van der Waals surface area contributed by atoms with E-state index in [9.17, 15) is 9.59 Å². The zero-order chi connectivity index (χ0) is 20.4. The molecule has 0 bridgehead atoms. The van der Waals surface area contributed by atoms with Crippen LogP contribution in [0.3, 0.4) is 0 Å². The van der Waals surface area contributed by atoms with E-state index in [2.05, 4.69) is 6.92 Å². The van der Waals surface area contributed by atoms with Crippen LogP contribution < -0.4 is 5.56 Å². The second kappa shape index (κ2) is 8.59. The third kappa shape index (κ3) is 4.19. The van der Waals surface area contributed by atoms with Crippen LogP contribution in [0.25, 0.3) is 16.6 Å². The van der Waals surface area contributed by atoms with Crippen LogP contribution in [0.4, 0.5) is 0 Å². The smallest absolute Gasteiger partial charge is 0.266 e. The van der Waals surface area contributed by atoms with E-state index in [0.717, 1.165) is 19.4 Å². The number of para-hydroxylation sites is 1. The minimum absolute atomic E-state index is 0.0854. The quantitative estimate of drug-likeness (QED) is 0.453. The Kier molecular flexibility index (Phi) is 5.92. The molecule has 0 unspecified atom stereocenters. The Balaban J connectivity index is 1.72. The molecular formula is C22H22ClN3O2S. The lowest BCUT2D eigenvalue weighted by molar-refractivity contribution is -0.131. The zero-order valence-corrected chi connectivity index (χ0v) is 17.7. The van der Waals surface area contributed by atoms with Gasteiger partial charge in [0.25, 0.3) is 5.56 Å². The number of fused-ring (bicyclic) bond motifs is 1. The van der Waals surface area contributed by atoms with Crippen LogP contribution in [-0.2, 0) is 4.79 Å². The molecule has 2 heterocycles. The van der Waals surface area contributed by atoms with Gasteiger partial charge in [-0.25, -0.2) is 4.98 Å². The number of amides is 1. The van der Waals surface area contributed by atoms with E-state index in [1.54, 1.807) is 28.8 Å². The molecular weight excluding hydrogens is 406 g/mol. The first-order valence-corrected chi connectivity index (χ1v) is 11.1. The van der Waals surface area contributed by atoms with Gasteiger partial charge in [-0.05, 0) is 56.5 Å². The van der Waals surface area contributed by atoms with Crippen molar-refractivity contribution in [2.24, 2.45) is 0 Å². The Labute approximate surface area is 178 Å². The Bertz CT molecular complexity index is 1110. The molecule has 1 aliphatic heterocycles. The number of carbonyl (C=O) groups is 1. The second-order valence-electron chi connectivity index (χ2n) is 7.25. The summed E-state index contributed by atoms with van der Waals surface area (Å²) in [5, 5.41) is 1.57. The lowest BCUT2D eigenvalue weighted by Crippen LogP contribution is -2.43. The number of likely N-dealkylation sites (tertiary alicyclic amines) is 1. The highest BCUT2D eigenvalue weighted by Crippen LogP contribution is 2.24. The number of rotatable bonds is 4. The fraction of sp³-hybridized carbons (Fsp3) is 0.318. The summed E-state index contributed by atoms with van der Waals surface area (Å²) in [6.07, 6.45) is 3.25. The van der Waals surface area contributed by atoms with Crippen molar-refractivity contribution in [3.63, 3.8) is 0 Å². The SMILES string of the molecule is C[C@H]1CCCCN1C(=O)CSc1nc2ccccc2c(=O)n1-c1cccc(Cl)c1. The van der Waals surface area contributed by atoms with Gasteiger partial charge in [-0.15, -0.1) is 0 Å². The maximum absolute atomic E-state index is 13.2. The summed E-state index contributed by atoms with van der Waals surface area (Å²) < 4.78 is 1.55. The number of benzene rings is 2. The molecule has 0 saturated carbocycles. The summed E-state index contributed by atoms with van der Waals surface area (Å²) in [7, 11) is 0. The molecule has 3 aromatic rings. The molecule has 7 heteroatoms. The van der Waals surface area contributed by atoms with Gasteiger partial charge in [-0.3, -0.25) is 14.2 Å². The van der Waals surface area contributed by atoms with Crippen LogP contribution in [0.1, 0.15) is 26.2 Å². The summed E-state index contributed by atoms with van der Waals surface area (Å²) in [4.78, 5) is 32.7. The minimum Gasteiger partial charge on any atom is -0.339 e.